The lowest BCUT2D eigenvalue weighted by molar-refractivity contribution is 0.292. The van der Waals surface area contributed by atoms with Gasteiger partial charge in [-0.15, -0.1) is 0 Å². The first-order valence-electron chi connectivity index (χ1n) is 12.2. The Balaban J connectivity index is 4.05. The van der Waals surface area contributed by atoms with Crippen molar-refractivity contribution in [1.82, 2.24) is 0 Å². The third-order valence-electron chi connectivity index (χ3n) is 5.72. The van der Waals surface area contributed by atoms with Crippen molar-refractivity contribution in [3.63, 3.8) is 0 Å². The Morgan fingerprint density at radius 3 is 1.46 bits per heavy atom. The number of hydrogen-bond donors (Lipinski definition) is 0. The first kappa shape index (κ1) is 26.0. The highest BCUT2D eigenvalue weighted by Crippen LogP contribution is 2.31. The van der Waals surface area contributed by atoms with Crippen LogP contribution in [-0.4, -0.2) is 0 Å². The van der Waals surface area contributed by atoms with Gasteiger partial charge in [-0.25, -0.2) is 0 Å². The summed E-state index contributed by atoms with van der Waals surface area (Å²) in [6, 6.07) is 0. The molecule has 0 saturated heterocycles. The highest BCUT2D eigenvalue weighted by Gasteiger charge is 2.17. The van der Waals surface area contributed by atoms with Crippen LogP contribution < -0.4 is 0 Å². The van der Waals surface area contributed by atoms with Crippen LogP contribution in [-0.2, 0) is 0 Å². The summed E-state index contributed by atoms with van der Waals surface area (Å²) in [5.41, 5.74) is 0.484. The van der Waals surface area contributed by atoms with E-state index in [1.54, 1.807) is 0 Å². The van der Waals surface area contributed by atoms with Gasteiger partial charge in [-0.05, 0) is 42.9 Å². The van der Waals surface area contributed by atoms with Crippen molar-refractivity contribution >= 4 is 0 Å². The highest BCUT2D eigenvalue weighted by atomic mass is 14.2. The van der Waals surface area contributed by atoms with Gasteiger partial charge >= 0.3 is 0 Å². The van der Waals surface area contributed by atoms with E-state index < -0.39 is 0 Å². The predicted octanol–water partition coefficient (Wildman–Crippen LogP) is 9.91. The fraction of sp³-hybridized carbons (Fsp3) is 0.962. The van der Waals surface area contributed by atoms with Crippen molar-refractivity contribution in [2.45, 2.75) is 151 Å². The SMILES string of the molecule is CCCCCCCC[C](CCCCCCCC)CCC(C)CC(C)(C)C. The van der Waals surface area contributed by atoms with E-state index in [1.807, 2.05) is 5.92 Å². The Morgan fingerprint density at radius 2 is 1.04 bits per heavy atom. The van der Waals surface area contributed by atoms with Gasteiger partial charge in [0.25, 0.3) is 0 Å². The monoisotopic (exact) mass is 365 g/mol. The summed E-state index contributed by atoms with van der Waals surface area (Å²) in [7, 11) is 0. The van der Waals surface area contributed by atoms with Crippen molar-refractivity contribution in [1.29, 1.82) is 0 Å². The summed E-state index contributed by atoms with van der Waals surface area (Å²) in [4.78, 5) is 0. The van der Waals surface area contributed by atoms with E-state index >= 15 is 0 Å². The van der Waals surface area contributed by atoms with Crippen LogP contribution >= 0.6 is 0 Å². The molecule has 0 heterocycles. The third-order valence-corrected chi connectivity index (χ3v) is 5.72. The van der Waals surface area contributed by atoms with E-state index in [9.17, 15) is 0 Å². The van der Waals surface area contributed by atoms with Gasteiger partial charge in [0.05, 0.1) is 0 Å². The quantitative estimate of drug-likeness (QED) is 0.212. The van der Waals surface area contributed by atoms with E-state index in [2.05, 4.69) is 41.5 Å². The fourth-order valence-corrected chi connectivity index (χ4v) is 4.28. The van der Waals surface area contributed by atoms with Gasteiger partial charge < -0.3 is 0 Å². The molecule has 157 valence electrons. The summed E-state index contributed by atoms with van der Waals surface area (Å²) in [6.07, 6.45) is 24.2. The Morgan fingerprint density at radius 1 is 0.615 bits per heavy atom. The molecule has 0 spiro atoms. The fourth-order valence-electron chi connectivity index (χ4n) is 4.28. The van der Waals surface area contributed by atoms with Crippen LogP contribution in [0.25, 0.3) is 0 Å². The van der Waals surface area contributed by atoms with Crippen molar-refractivity contribution in [2.75, 3.05) is 0 Å². The van der Waals surface area contributed by atoms with Crippen LogP contribution in [0.5, 0.6) is 0 Å². The van der Waals surface area contributed by atoms with Crippen LogP contribution in [0, 0.1) is 17.3 Å². The normalized spacial score (nSPS) is 13.5. The Hall–Kier alpha value is 0. The standard InChI is InChI=1S/C26H53/c1-7-9-11-13-15-17-19-25(20-18-16-14-12-10-8-2)22-21-24(3)23-26(4,5)6/h24H,7-23H2,1-6H3. The number of rotatable bonds is 18. The smallest absolute Gasteiger partial charge is 0.0241 e. The lowest BCUT2D eigenvalue weighted by Crippen LogP contribution is -2.12. The summed E-state index contributed by atoms with van der Waals surface area (Å²) < 4.78 is 0. The lowest BCUT2D eigenvalue weighted by atomic mass is 9.81. The van der Waals surface area contributed by atoms with E-state index in [0.717, 1.165) is 5.92 Å². The number of hydrogen-bond acceptors (Lipinski definition) is 0. The first-order valence-corrected chi connectivity index (χ1v) is 12.2. The van der Waals surface area contributed by atoms with Crippen molar-refractivity contribution in [2.24, 2.45) is 11.3 Å². The second-order valence-electron chi connectivity index (χ2n) is 10.2. The molecule has 1 radical (unpaired) electrons. The summed E-state index contributed by atoms with van der Waals surface area (Å²) in [5.74, 6) is 2.77. The molecule has 0 aromatic heterocycles. The van der Waals surface area contributed by atoms with Gasteiger partial charge in [0.15, 0.2) is 0 Å². The topological polar surface area (TPSA) is 0 Å². The summed E-state index contributed by atoms with van der Waals surface area (Å²) in [6.45, 7) is 14.3. The average Bonchev–Trinajstić information content (AvgIpc) is 2.56. The molecule has 0 bridgehead atoms. The maximum atomic E-state index is 2.47. The van der Waals surface area contributed by atoms with Gasteiger partial charge in [-0.2, -0.15) is 0 Å². The largest absolute Gasteiger partial charge is 0.0654 e. The third kappa shape index (κ3) is 18.8. The van der Waals surface area contributed by atoms with E-state index in [-0.39, 0.29) is 0 Å². The zero-order valence-corrected chi connectivity index (χ0v) is 19.6. The lowest BCUT2D eigenvalue weighted by Gasteiger charge is -2.25. The Bertz CT molecular complexity index is 256. The Kier molecular flexibility index (Phi) is 17.1. The minimum absolute atomic E-state index is 0.484. The maximum absolute atomic E-state index is 2.47. The summed E-state index contributed by atoms with van der Waals surface area (Å²) in [5, 5.41) is 0. The molecule has 0 nitrogen and oxygen atoms in total. The average molecular weight is 366 g/mol. The molecule has 26 heavy (non-hydrogen) atoms. The molecule has 0 aromatic rings. The molecule has 0 amide bonds. The highest BCUT2D eigenvalue weighted by molar-refractivity contribution is 4.90. The van der Waals surface area contributed by atoms with Gasteiger partial charge in [-0.1, -0.05) is 125 Å². The van der Waals surface area contributed by atoms with Gasteiger partial charge in [-0.3, -0.25) is 0 Å². The molecule has 0 fully saturated rings. The molecule has 0 aliphatic carbocycles. The van der Waals surface area contributed by atoms with Crippen LogP contribution in [0.4, 0.5) is 0 Å². The van der Waals surface area contributed by atoms with Crippen molar-refractivity contribution in [3.8, 4) is 0 Å². The van der Waals surface area contributed by atoms with Crippen molar-refractivity contribution in [3.05, 3.63) is 5.92 Å². The minimum atomic E-state index is 0.484. The number of unbranched alkanes of at least 4 members (excludes halogenated alkanes) is 10. The molecule has 0 aromatic carbocycles. The van der Waals surface area contributed by atoms with E-state index in [4.69, 9.17) is 0 Å². The van der Waals surface area contributed by atoms with Crippen molar-refractivity contribution < 1.29 is 0 Å². The molecule has 1 atom stereocenters. The van der Waals surface area contributed by atoms with Crippen LogP contribution in [0.2, 0.25) is 0 Å². The van der Waals surface area contributed by atoms with E-state index in [1.165, 1.54) is 109 Å². The van der Waals surface area contributed by atoms with Crippen LogP contribution in [0.15, 0.2) is 0 Å². The first-order chi connectivity index (χ1) is 12.4. The molecule has 0 aliphatic heterocycles. The zero-order chi connectivity index (χ0) is 19.7. The van der Waals surface area contributed by atoms with Gasteiger partial charge in [0.2, 0.25) is 0 Å². The molecule has 0 heteroatoms. The predicted molar refractivity (Wildman–Crippen MR) is 122 cm³/mol. The second-order valence-corrected chi connectivity index (χ2v) is 10.2. The van der Waals surface area contributed by atoms with Crippen LogP contribution in [0.1, 0.15) is 151 Å². The Labute approximate surface area is 168 Å². The maximum Gasteiger partial charge on any atom is -0.0241 e. The summed E-state index contributed by atoms with van der Waals surface area (Å²) >= 11 is 0. The molecule has 0 saturated carbocycles. The van der Waals surface area contributed by atoms with Gasteiger partial charge in [0, 0.05) is 0 Å². The second kappa shape index (κ2) is 17.1. The molecule has 0 rings (SSSR count). The minimum Gasteiger partial charge on any atom is -0.0654 e. The van der Waals surface area contributed by atoms with Gasteiger partial charge in [0.1, 0.15) is 0 Å². The molecule has 0 N–H and O–H groups in total. The molecular formula is C26H53. The molecule has 1 unspecified atom stereocenters. The molecule has 0 aliphatic rings. The molecular weight excluding hydrogens is 312 g/mol. The van der Waals surface area contributed by atoms with Crippen LogP contribution in [0.3, 0.4) is 0 Å². The van der Waals surface area contributed by atoms with E-state index in [0.29, 0.717) is 5.41 Å². The zero-order valence-electron chi connectivity index (χ0n) is 19.6.